The van der Waals surface area contributed by atoms with Crippen LogP contribution in [0.5, 0.6) is 0 Å². The van der Waals surface area contributed by atoms with Crippen LogP contribution in [-0.2, 0) is 4.74 Å². The number of nitrogens with one attached hydrogen (secondary N) is 3. The summed E-state index contributed by atoms with van der Waals surface area (Å²) >= 11 is 0. The normalized spacial score (nSPS) is 23.0. The summed E-state index contributed by atoms with van der Waals surface area (Å²) in [6.45, 7) is 3.57. The van der Waals surface area contributed by atoms with E-state index in [-0.39, 0.29) is 12.0 Å². The molecule has 134 valence electrons. The molecule has 0 aliphatic carbocycles. The van der Waals surface area contributed by atoms with E-state index in [0.717, 1.165) is 37.0 Å². The standard InChI is InChI=1S/C19H26N4O2/c20-14-1-2-16-13(9-14)10-17(23-16)18(24)22-11-15-3-4-19(12-25-15)5-7-21-8-6-19/h1-2,9-10,15,21,23H,3-8,11-12,20H2,(H,22,24). The van der Waals surface area contributed by atoms with Gasteiger partial charge in [-0.25, -0.2) is 0 Å². The molecule has 1 aromatic heterocycles. The molecule has 1 amide bonds. The SMILES string of the molecule is Nc1ccc2[nH]c(C(=O)NCC3CCC4(CCNCC4)CO3)cc2c1. The zero-order valence-corrected chi connectivity index (χ0v) is 14.4. The minimum atomic E-state index is -0.0967. The summed E-state index contributed by atoms with van der Waals surface area (Å²) < 4.78 is 6.06. The van der Waals surface area contributed by atoms with Gasteiger partial charge in [-0.1, -0.05) is 0 Å². The summed E-state index contributed by atoms with van der Waals surface area (Å²) in [5.74, 6) is -0.0967. The van der Waals surface area contributed by atoms with E-state index in [0.29, 0.717) is 23.3 Å². The number of H-pyrrole nitrogens is 1. The molecule has 1 unspecified atom stereocenters. The molecule has 2 fully saturated rings. The van der Waals surface area contributed by atoms with Crippen LogP contribution in [0.2, 0.25) is 0 Å². The van der Waals surface area contributed by atoms with Crippen LogP contribution in [-0.4, -0.2) is 43.2 Å². The fourth-order valence-electron chi connectivity index (χ4n) is 4.00. The molecular weight excluding hydrogens is 316 g/mol. The molecule has 6 nitrogen and oxygen atoms in total. The monoisotopic (exact) mass is 342 g/mol. The number of rotatable bonds is 3. The Labute approximate surface area is 147 Å². The lowest BCUT2D eigenvalue weighted by Gasteiger charge is -2.43. The molecule has 25 heavy (non-hydrogen) atoms. The third-order valence-electron chi connectivity index (χ3n) is 5.67. The lowest BCUT2D eigenvalue weighted by atomic mass is 9.74. The number of anilines is 1. The Kier molecular flexibility index (Phi) is 4.39. The van der Waals surface area contributed by atoms with Crippen LogP contribution >= 0.6 is 0 Å². The molecule has 4 rings (SSSR count). The molecule has 2 aliphatic rings. The van der Waals surface area contributed by atoms with E-state index < -0.39 is 0 Å². The number of ether oxygens (including phenoxy) is 1. The molecule has 6 heteroatoms. The van der Waals surface area contributed by atoms with Gasteiger partial charge in [-0.05, 0) is 68.5 Å². The van der Waals surface area contributed by atoms with Crippen molar-refractivity contribution < 1.29 is 9.53 Å². The average molecular weight is 342 g/mol. The molecule has 0 radical (unpaired) electrons. The maximum absolute atomic E-state index is 12.4. The summed E-state index contributed by atoms with van der Waals surface area (Å²) in [6.07, 6.45) is 4.73. The Morgan fingerprint density at radius 2 is 2.12 bits per heavy atom. The largest absolute Gasteiger partial charge is 0.399 e. The second kappa shape index (κ2) is 6.69. The Bertz CT molecular complexity index is 754. The number of aromatic amines is 1. The highest BCUT2D eigenvalue weighted by Gasteiger charge is 2.37. The summed E-state index contributed by atoms with van der Waals surface area (Å²) in [4.78, 5) is 15.5. The highest BCUT2D eigenvalue weighted by atomic mass is 16.5. The van der Waals surface area contributed by atoms with Gasteiger partial charge in [0.15, 0.2) is 0 Å². The molecule has 0 bridgehead atoms. The number of hydrogen-bond acceptors (Lipinski definition) is 4. The number of piperidine rings is 1. The molecule has 2 saturated heterocycles. The number of fused-ring (bicyclic) bond motifs is 1. The van der Waals surface area contributed by atoms with Crippen LogP contribution in [0.4, 0.5) is 5.69 Å². The van der Waals surface area contributed by atoms with E-state index in [1.807, 2.05) is 24.3 Å². The minimum Gasteiger partial charge on any atom is -0.399 e. The van der Waals surface area contributed by atoms with Crippen molar-refractivity contribution in [2.75, 3.05) is 32.0 Å². The first kappa shape index (κ1) is 16.4. The van der Waals surface area contributed by atoms with E-state index in [4.69, 9.17) is 10.5 Å². The van der Waals surface area contributed by atoms with Crippen molar-refractivity contribution in [1.82, 2.24) is 15.6 Å². The van der Waals surface area contributed by atoms with Gasteiger partial charge in [0.2, 0.25) is 0 Å². The lowest BCUT2D eigenvalue weighted by Crippen LogP contribution is -2.46. The predicted molar refractivity (Wildman–Crippen MR) is 98.6 cm³/mol. The molecule has 2 aliphatic heterocycles. The molecule has 1 atom stereocenters. The van der Waals surface area contributed by atoms with Crippen molar-refractivity contribution >= 4 is 22.5 Å². The van der Waals surface area contributed by atoms with Crippen molar-refractivity contribution in [3.05, 3.63) is 30.0 Å². The van der Waals surface area contributed by atoms with Gasteiger partial charge < -0.3 is 26.1 Å². The van der Waals surface area contributed by atoms with Crippen molar-refractivity contribution in [2.24, 2.45) is 5.41 Å². The maximum Gasteiger partial charge on any atom is 0.267 e. The summed E-state index contributed by atoms with van der Waals surface area (Å²) in [6, 6.07) is 7.43. The fourth-order valence-corrected chi connectivity index (χ4v) is 4.00. The highest BCUT2D eigenvalue weighted by molar-refractivity contribution is 5.98. The Balaban J connectivity index is 1.31. The van der Waals surface area contributed by atoms with Crippen LogP contribution in [0, 0.1) is 5.41 Å². The van der Waals surface area contributed by atoms with Gasteiger partial charge in [0.1, 0.15) is 5.69 Å². The minimum absolute atomic E-state index is 0.0967. The highest BCUT2D eigenvalue weighted by Crippen LogP contribution is 2.38. The van der Waals surface area contributed by atoms with Crippen LogP contribution < -0.4 is 16.4 Å². The lowest BCUT2D eigenvalue weighted by molar-refractivity contribution is -0.0721. The Hall–Kier alpha value is -2.05. The van der Waals surface area contributed by atoms with Gasteiger partial charge in [-0.3, -0.25) is 4.79 Å². The number of nitrogen functional groups attached to an aromatic ring is 1. The number of benzene rings is 1. The van der Waals surface area contributed by atoms with Crippen LogP contribution in [0.25, 0.3) is 10.9 Å². The number of amides is 1. The third kappa shape index (κ3) is 3.50. The zero-order chi connectivity index (χ0) is 17.3. The van der Waals surface area contributed by atoms with E-state index >= 15 is 0 Å². The van der Waals surface area contributed by atoms with Gasteiger partial charge in [-0.15, -0.1) is 0 Å². The van der Waals surface area contributed by atoms with Crippen LogP contribution in [0.1, 0.15) is 36.2 Å². The van der Waals surface area contributed by atoms with Gasteiger partial charge in [0.05, 0.1) is 12.7 Å². The molecule has 3 heterocycles. The van der Waals surface area contributed by atoms with E-state index in [9.17, 15) is 4.79 Å². The third-order valence-corrected chi connectivity index (χ3v) is 5.67. The predicted octanol–water partition coefficient (Wildman–Crippen LogP) is 2.03. The zero-order valence-electron chi connectivity index (χ0n) is 14.4. The molecular formula is C19H26N4O2. The number of hydrogen-bond donors (Lipinski definition) is 4. The van der Waals surface area contributed by atoms with Gasteiger partial charge in [0.25, 0.3) is 5.91 Å². The number of carbonyl (C=O) groups excluding carboxylic acids is 1. The Morgan fingerprint density at radius 1 is 1.28 bits per heavy atom. The van der Waals surface area contributed by atoms with E-state index in [1.165, 1.54) is 19.3 Å². The second-order valence-electron chi connectivity index (χ2n) is 7.46. The van der Waals surface area contributed by atoms with E-state index in [1.54, 1.807) is 0 Å². The summed E-state index contributed by atoms with van der Waals surface area (Å²) in [7, 11) is 0. The fraction of sp³-hybridized carbons (Fsp3) is 0.526. The van der Waals surface area contributed by atoms with Crippen molar-refractivity contribution in [3.8, 4) is 0 Å². The first-order valence-corrected chi connectivity index (χ1v) is 9.12. The number of carbonyl (C=O) groups is 1. The number of aromatic nitrogens is 1. The number of nitrogens with two attached hydrogens (primary N) is 1. The molecule has 5 N–H and O–H groups in total. The van der Waals surface area contributed by atoms with E-state index in [2.05, 4.69) is 15.6 Å². The van der Waals surface area contributed by atoms with Gasteiger partial charge in [0, 0.05) is 23.1 Å². The smallest absolute Gasteiger partial charge is 0.267 e. The van der Waals surface area contributed by atoms with Crippen LogP contribution in [0.15, 0.2) is 24.3 Å². The molecule has 2 aromatic rings. The molecule has 1 spiro atoms. The second-order valence-corrected chi connectivity index (χ2v) is 7.46. The topological polar surface area (TPSA) is 92.2 Å². The van der Waals surface area contributed by atoms with Crippen LogP contribution in [0.3, 0.4) is 0 Å². The molecule has 0 saturated carbocycles. The maximum atomic E-state index is 12.4. The van der Waals surface area contributed by atoms with Crippen molar-refractivity contribution in [1.29, 1.82) is 0 Å². The van der Waals surface area contributed by atoms with Gasteiger partial charge >= 0.3 is 0 Å². The van der Waals surface area contributed by atoms with Crippen molar-refractivity contribution in [2.45, 2.75) is 31.8 Å². The summed E-state index contributed by atoms with van der Waals surface area (Å²) in [5, 5.41) is 7.36. The quantitative estimate of drug-likeness (QED) is 0.642. The first-order valence-electron chi connectivity index (χ1n) is 9.12. The first-order chi connectivity index (χ1) is 12.1. The Morgan fingerprint density at radius 3 is 2.88 bits per heavy atom. The average Bonchev–Trinajstić information content (AvgIpc) is 3.05. The molecule has 1 aromatic carbocycles. The van der Waals surface area contributed by atoms with Gasteiger partial charge in [-0.2, -0.15) is 0 Å². The van der Waals surface area contributed by atoms with Crippen molar-refractivity contribution in [3.63, 3.8) is 0 Å². The summed E-state index contributed by atoms with van der Waals surface area (Å²) in [5.41, 5.74) is 8.33.